The van der Waals surface area contributed by atoms with Gasteiger partial charge in [-0.1, -0.05) is 5.16 Å². The summed E-state index contributed by atoms with van der Waals surface area (Å²) < 4.78 is 11.8. The van der Waals surface area contributed by atoms with Crippen LogP contribution in [0.15, 0.2) is 35.1 Å². The Kier molecular flexibility index (Phi) is 2.86. The second kappa shape index (κ2) is 4.69. The molecule has 0 spiro atoms. The van der Waals surface area contributed by atoms with E-state index >= 15 is 0 Å². The number of phenolic OH excluding ortho intramolecular Hbond substituents is 1. The minimum Gasteiger partial charge on any atom is -0.504 e. The maximum atomic E-state index is 9.75. The monoisotopic (exact) mass is 272 g/mol. The lowest BCUT2D eigenvalue weighted by atomic mass is 10.2. The number of aryl methyl sites for hydroxylation is 1. The summed E-state index contributed by atoms with van der Waals surface area (Å²) in [6, 6.07) is 4.89. The fourth-order valence-electron chi connectivity index (χ4n) is 1.82. The second-order valence-electron chi connectivity index (χ2n) is 4.21. The Morgan fingerprint density at radius 3 is 2.80 bits per heavy atom. The number of aromatic hydroxyl groups is 1. The van der Waals surface area contributed by atoms with Crippen LogP contribution in [0.3, 0.4) is 0 Å². The number of aromatic nitrogens is 4. The molecule has 0 radical (unpaired) electrons. The number of hydrogen-bond donors (Lipinski definition) is 1. The third kappa shape index (κ3) is 2.09. The topological polar surface area (TPSA) is 86.2 Å². The molecule has 7 heteroatoms. The molecule has 102 valence electrons. The number of methoxy groups -OCH3 is 1. The van der Waals surface area contributed by atoms with Crippen LogP contribution in [0.4, 0.5) is 0 Å². The van der Waals surface area contributed by atoms with Gasteiger partial charge in [0.1, 0.15) is 0 Å². The zero-order valence-corrected chi connectivity index (χ0v) is 10.9. The highest BCUT2D eigenvalue weighted by atomic mass is 16.5. The minimum absolute atomic E-state index is 0.0196. The van der Waals surface area contributed by atoms with Crippen LogP contribution in [0.5, 0.6) is 11.5 Å². The standard InChI is InChI=1S/C13H12N4O3/c1-17-7-9(6-14-17)12-15-13(20-16-12)8-3-4-11(19-2)10(18)5-8/h3-7,18H,1-2H3. The van der Waals surface area contributed by atoms with Gasteiger partial charge in [-0.25, -0.2) is 0 Å². The molecule has 2 aromatic heterocycles. The summed E-state index contributed by atoms with van der Waals surface area (Å²) in [6.07, 6.45) is 3.44. The summed E-state index contributed by atoms with van der Waals surface area (Å²) in [4.78, 5) is 4.28. The van der Waals surface area contributed by atoms with E-state index in [2.05, 4.69) is 15.2 Å². The van der Waals surface area contributed by atoms with Gasteiger partial charge < -0.3 is 14.4 Å². The van der Waals surface area contributed by atoms with E-state index in [4.69, 9.17) is 9.26 Å². The van der Waals surface area contributed by atoms with Crippen molar-refractivity contribution in [2.24, 2.45) is 7.05 Å². The van der Waals surface area contributed by atoms with Crippen molar-refractivity contribution in [2.45, 2.75) is 0 Å². The van der Waals surface area contributed by atoms with E-state index in [0.717, 1.165) is 5.56 Å². The molecule has 20 heavy (non-hydrogen) atoms. The molecule has 0 aliphatic rings. The second-order valence-corrected chi connectivity index (χ2v) is 4.21. The predicted molar refractivity (Wildman–Crippen MR) is 70.2 cm³/mol. The molecule has 0 fully saturated rings. The van der Waals surface area contributed by atoms with E-state index < -0.39 is 0 Å². The highest BCUT2D eigenvalue weighted by molar-refractivity contribution is 5.62. The summed E-state index contributed by atoms with van der Waals surface area (Å²) in [5.41, 5.74) is 1.38. The largest absolute Gasteiger partial charge is 0.504 e. The lowest BCUT2D eigenvalue weighted by Gasteiger charge is -2.03. The van der Waals surface area contributed by atoms with E-state index in [9.17, 15) is 5.11 Å². The minimum atomic E-state index is 0.0196. The average molecular weight is 272 g/mol. The van der Waals surface area contributed by atoms with Crippen LogP contribution in [-0.2, 0) is 7.05 Å². The molecule has 3 aromatic rings. The molecule has 0 aliphatic carbocycles. The summed E-state index contributed by atoms with van der Waals surface area (Å²) in [6.45, 7) is 0. The lowest BCUT2D eigenvalue weighted by Crippen LogP contribution is -1.85. The maximum Gasteiger partial charge on any atom is 0.258 e. The van der Waals surface area contributed by atoms with Crippen LogP contribution in [0.2, 0.25) is 0 Å². The third-order valence-electron chi connectivity index (χ3n) is 2.81. The molecule has 0 aliphatic heterocycles. The number of hydrogen-bond acceptors (Lipinski definition) is 6. The number of phenols is 1. The van der Waals surface area contributed by atoms with Crippen LogP contribution in [0.25, 0.3) is 22.8 Å². The quantitative estimate of drug-likeness (QED) is 0.783. The van der Waals surface area contributed by atoms with Crippen molar-refractivity contribution in [2.75, 3.05) is 7.11 Å². The molecular formula is C13H12N4O3. The first kappa shape index (κ1) is 12.2. The maximum absolute atomic E-state index is 9.75. The molecule has 1 N–H and O–H groups in total. The Morgan fingerprint density at radius 2 is 2.15 bits per heavy atom. The highest BCUT2D eigenvalue weighted by Crippen LogP contribution is 2.31. The van der Waals surface area contributed by atoms with Crippen LogP contribution in [0, 0.1) is 0 Å². The lowest BCUT2D eigenvalue weighted by molar-refractivity contribution is 0.373. The fourth-order valence-corrected chi connectivity index (χ4v) is 1.82. The molecule has 0 atom stereocenters. The summed E-state index contributed by atoms with van der Waals surface area (Å²) >= 11 is 0. The number of benzene rings is 1. The van der Waals surface area contributed by atoms with E-state index in [0.29, 0.717) is 23.0 Å². The van der Waals surface area contributed by atoms with Crippen molar-refractivity contribution in [1.29, 1.82) is 0 Å². The molecule has 3 rings (SSSR count). The van der Waals surface area contributed by atoms with Crippen molar-refractivity contribution < 1.29 is 14.4 Å². The van der Waals surface area contributed by atoms with Gasteiger partial charge in [0.2, 0.25) is 5.82 Å². The Morgan fingerprint density at radius 1 is 1.30 bits per heavy atom. The third-order valence-corrected chi connectivity index (χ3v) is 2.81. The van der Waals surface area contributed by atoms with Gasteiger partial charge in [0.15, 0.2) is 11.5 Å². The molecule has 7 nitrogen and oxygen atoms in total. The fraction of sp³-hybridized carbons (Fsp3) is 0.154. The van der Waals surface area contributed by atoms with Crippen molar-refractivity contribution in [3.8, 4) is 34.3 Å². The first-order valence-corrected chi connectivity index (χ1v) is 5.87. The van der Waals surface area contributed by atoms with Gasteiger partial charge in [-0.2, -0.15) is 10.1 Å². The number of ether oxygens (including phenoxy) is 1. The zero-order valence-electron chi connectivity index (χ0n) is 10.9. The average Bonchev–Trinajstić information content (AvgIpc) is 3.07. The molecule has 0 unspecified atom stereocenters. The molecule has 0 amide bonds. The van der Waals surface area contributed by atoms with Crippen LogP contribution in [0.1, 0.15) is 0 Å². The van der Waals surface area contributed by atoms with E-state index in [-0.39, 0.29) is 5.75 Å². The van der Waals surface area contributed by atoms with Crippen molar-refractivity contribution in [3.05, 3.63) is 30.6 Å². The van der Waals surface area contributed by atoms with E-state index in [1.54, 1.807) is 29.2 Å². The molecule has 0 bridgehead atoms. The number of nitrogens with zero attached hydrogens (tertiary/aromatic N) is 4. The molecule has 2 heterocycles. The summed E-state index contributed by atoms with van der Waals surface area (Å²) in [5, 5.41) is 17.7. The summed E-state index contributed by atoms with van der Waals surface area (Å²) in [7, 11) is 3.30. The summed E-state index contributed by atoms with van der Waals surface area (Å²) in [5.74, 6) is 1.18. The predicted octanol–water partition coefficient (Wildman–Crippen LogP) is 1.85. The van der Waals surface area contributed by atoms with Crippen molar-refractivity contribution in [3.63, 3.8) is 0 Å². The molecule has 0 saturated heterocycles. The van der Waals surface area contributed by atoms with Gasteiger partial charge in [0.05, 0.1) is 18.9 Å². The van der Waals surface area contributed by atoms with E-state index in [1.165, 1.54) is 13.2 Å². The normalized spacial score (nSPS) is 10.7. The van der Waals surface area contributed by atoms with Gasteiger partial charge in [0, 0.05) is 18.8 Å². The Labute approximate surface area is 114 Å². The first-order chi connectivity index (χ1) is 9.67. The van der Waals surface area contributed by atoms with Crippen LogP contribution >= 0.6 is 0 Å². The smallest absolute Gasteiger partial charge is 0.258 e. The zero-order chi connectivity index (χ0) is 14.1. The van der Waals surface area contributed by atoms with Crippen molar-refractivity contribution in [1.82, 2.24) is 19.9 Å². The van der Waals surface area contributed by atoms with Gasteiger partial charge in [-0.05, 0) is 18.2 Å². The van der Waals surface area contributed by atoms with Crippen LogP contribution < -0.4 is 4.74 Å². The molecule has 0 saturated carbocycles. The Bertz CT molecular complexity index is 748. The molecule has 1 aromatic carbocycles. The van der Waals surface area contributed by atoms with Crippen LogP contribution in [-0.4, -0.2) is 32.1 Å². The van der Waals surface area contributed by atoms with Gasteiger partial charge in [-0.3, -0.25) is 4.68 Å². The van der Waals surface area contributed by atoms with Crippen molar-refractivity contribution >= 4 is 0 Å². The first-order valence-electron chi connectivity index (χ1n) is 5.87. The van der Waals surface area contributed by atoms with Gasteiger partial charge in [-0.15, -0.1) is 0 Å². The van der Waals surface area contributed by atoms with E-state index in [1.807, 2.05) is 7.05 Å². The molecular weight excluding hydrogens is 260 g/mol. The van der Waals surface area contributed by atoms with Gasteiger partial charge >= 0.3 is 0 Å². The Hall–Kier alpha value is -2.83. The van der Waals surface area contributed by atoms with Gasteiger partial charge in [0.25, 0.3) is 5.89 Å². The Balaban J connectivity index is 1.95. The number of rotatable bonds is 3. The highest BCUT2D eigenvalue weighted by Gasteiger charge is 2.13. The SMILES string of the molecule is COc1ccc(-c2nc(-c3cnn(C)c3)no2)cc1O.